The minimum absolute atomic E-state index is 0.0830. The van der Waals surface area contributed by atoms with E-state index in [-0.39, 0.29) is 67.2 Å². The highest BCUT2D eigenvalue weighted by atomic mass is 79.9. The largest absolute Gasteiger partial charge is 0.458 e. The van der Waals surface area contributed by atoms with Crippen LogP contribution in [0.1, 0.15) is 121 Å². The molecule has 2 aromatic rings. The SMILES string of the molecule is C=C1CC2CC=CC(=O)OC3C(C)C(CC=Cc4nc(co4)C4CC(O)CC(CC(C1)O2)O4)OC(C(C)=Cc1coc(CC2(O)CC(OC)CC(C(O)C=C(C)C=CC(CC=CBr)OC)O2)n1)C3C. The van der Waals surface area contributed by atoms with E-state index in [4.69, 9.17) is 52.0 Å². The zero-order valence-corrected chi connectivity index (χ0v) is 42.3. The van der Waals surface area contributed by atoms with Gasteiger partial charge in [-0.3, -0.25) is 0 Å². The zero-order chi connectivity index (χ0) is 49.2. The molecule has 15 unspecified atom stereocenters. The first-order valence-electron chi connectivity index (χ1n) is 24.3. The van der Waals surface area contributed by atoms with Gasteiger partial charge in [-0.05, 0) is 75.1 Å². The molecule has 0 spiro atoms. The number of rotatable bonds is 12. The first kappa shape index (κ1) is 53.0. The summed E-state index contributed by atoms with van der Waals surface area (Å²) in [6, 6.07) is 0. The van der Waals surface area contributed by atoms with E-state index < -0.39 is 48.4 Å². The lowest BCUT2D eigenvalue weighted by atomic mass is 9.79. The molecule has 0 radical (unpaired) electrons. The van der Waals surface area contributed by atoms with Crippen LogP contribution in [-0.2, 0) is 44.4 Å². The number of halogens is 1. The summed E-state index contributed by atoms with van der Waals surface area (Å²) < 4.78 is 55.2. The predicted molar refractivity (Wildman–Crippen MR) is 261 cm³/mol. The first-order chi connectivity index (χ1) is 33.1. The van der Waals surface area contributed by atoms with Crippen molar-refractivity contribution in [2.45, 2.75) is 177 Å². The Bertz CT molecular complexity index is 2210. The van der Waals surface area contributed by atoms with Crippen molar-refractivity contribution in [2.75, 3.05) is 14.2 Å². The number of ether oxygens (including phenoxy) is 7. The van der Waals surface area contributed by atoms with Crippen molar-refractivity contribution in [2.24, 2.45) is 11.8 Å². The van der Waals surface area contributed by atoms with Crippen LogP contribution in [0.2, 0.25) is 0 Å². The smallest absolute Gasteiger partial charge is 0.330 e. The van der Waals surface area contributed by atoms with Gasteiger partial charge in [-0.25, -0.2) is 14.8 Å². The van der Waals surface area contributed by atoms with Crippen LogP contribution in [0.25, 0.3) is 12.2 Å². The summed E-state index contributed by atoms with van der Waals surface area (Å²) in [6.45, 7) is 12.2. The van der Waals surface area contributed by atoms with Crippen LogP contribution >= 0.6 is 15.9 Å². The fourth-order valence-electron chi connectivity index (χ4n) is 10.4. The van der Waals surface area contributed by atoms with Gasteiger partial charge < -0.3 is 57.3 Å². The lowest BCUT2D eigenvalue weighted by Gasteiger charge is -2.44. The number of methoxy groups -OCH3 is 2. The molecule has 378 valence electrons. The van der Waals surface area contributed by atoms with E-state index in [9.17, 15) is 20.1 Å². The van der Waals surface area contributed by atoms with Crippen LogP contribution in [0.3, 0.4) is 0 Å². The molecule has 0 amide bonds. The van der Waals surface area contributed by atoms with Gasteiger partial charge in [-0.1, -0.05) is 84.0 Å². The Morgan fingerprint density at radius 2 is 1.78 bits per heavy atom. The van der Waals surface area contributed by atoms with Crippen molar-refractivity contribution in [3.8, 4) is 0 Å². The summed E-state index contributed by atoms with van der Waals surface area (Å²) in [5, 5.41) is 33.9. The van der Waals surface area contributed by atoms with Crippen LogP contribution in [0, 0.1) is 11.8 Å². The molecule has 7 heterocycles. The predicted octanol–water partition coefficient (Wildman–Crippen LogP) is 8.76. The third-order valence-corrected chi connectivity index (χ3v) is 14.2. The number of nitrogens with zero attached hydrogens (tertiary/aromatic N) is 2. The van der Waals surface area contributed by atoms with Gasteiger partial charge in [0.2, 0.25) is 5.89 Å². The molecular weight excluding hydrogens is 952 g/mol. The minimum Gasteiger partial charge on any atom is -0.458 e. The Morgan fingerprint density at radius 1 is 0.986 bits per heavy atom. The number of fused-ring (bicyclic) bond motifs is 9. The molecule has 2 aromatic heterocycles. The van der Waals surface area contributed by atoms with E-state index in [2.05, 4.69) is 22.5 Å². The third kappa shape index (κ3) is 14.6. The van der Waals surface area contributed by atoms with Gasteiger partial charge in [-0.2, -0.15) is 0 Å². The van der Waals surface area contributed by atoms with Gasteiger partial charge >= 0.3 is 5.97 Å². The number of esters is 1. The number of aromatic nitrogens is 2. The van der Waals surface area contributed by atoms with E-state index in [0.29, 0.717) is 75.1 Å². The lowest BCUT2D eigenvalue weighted by Crippen LogP contribution is -2.51. The van der Waals surface area contributed by atoms with Crippen molar-refractivity contribution < 1.29 is 62.1 Å². The van der Waals surface area contributed by atoms with Crippen molar-refractivity contribution in [1.29, 1.82) is 0 Å². The van der Waals surface area contributed by atoms with E-state index >= 15 is 0 Å². The number of aliphatic hydroxyl groups is 3. The fraction of sp³-hybridized carbons (Fsp3) is 0.604. The quantitative estimate of drug-likeness (QED) is 0.104. The molecule has 3 N–H and O–H groups in total. The molecule has 7 rings (SSSR count). The van der Waals surface area contributed by atoms with Crippen LogP contribution in [0.4, 0.5) is 0 Å². The second-order valence-electron chi connectivity index (χ2n) is 19.5. The second-order valence-corrected chi connectivity index (χ2v) is 20.0. The van der Waals surface area contributed by atoms with Crippen LogP contribution in [0.15, 0.2) is 92.2 Å². The summed E-state index contributed by atoms with van der Waals surface area (Å²) in [5.74, 6) is -1.95. The Hall–Kier alpha value is -3.81. The average molecular weight is 1020 g/mol. The average Bonchev–Trinajstić information content (AvgIpc) is 3.96. The monoisotopic (exact) mass is 1020 g/mol. The minimum atomic E-state index is -1.73. The Balaban J connectivity index is 1.06. The van der Waals surface area contributed by atoms with Gasteiger partial charge in [0.25, 0.3) is 0 Å². The number of allylic oxidation sites excluding steroid dienone is 2. The van der Waals surface area contributed by atoms with Crippen molar-refractivity contribution in [3.63, 3.8) is 0 Å². The molecule has 0 aliphatic carbocycles. The Kier molecular flexibility index (Phi) is 18.9. The van der Waals surface area contributed by atoms with Crippen molar-refractivity contribution >= 4 is 34.1 Å². The number of hydrogen-bond acceptors (Lipinski definition) is 15. The van der Waals surface area contributed by atoms with E-state index in [1.54, 1.807) is 37.6 Å². The molecule has 0 aromatic carbocycles. The van der Waals surface area contributed by atoms with Crippen LogP contribution in [-0.4, -0.2) is 118 Å². The van der Waals surface area contributed by atoms with Crippen molar-refractivity contribution in [3.05, 3.63) is 107 Å². The lowest BCUT2D eigenvalue weighted by molar-refractivity contribution is -0.286. The molecule has 5 aliphatic heterocycles. The van der Waals surface area contributed by atoms with Gasteiger partial charge in [0.15, 0.2) is 11.7 Å². The Morgan fingerprint density at radius 3 is 2.57 bits per heavy atom. The van der Waals surface area contributed by atoms with E-state index in [1.165, 1.54) is 12.3 Å². The summed E-state index contributed by atoms with van der Waals surface area (Å²) in [4.78, 5) is 24.8. The molecule has 5 aliphatic rings. The van der Waals surface area contributed by atoms with Gasteiger partial charge in [-0.15, -0.1) is 0 Å². The number of carbonyl (C=O) groups excluding carboxylic acids is 1. The number of hydrogen-bond donors (Lipinski definition) is 3. The van der Waals surface area contributed by atoms with E-state index in [0.717, 1.165) is 16.7 Å². The number of oxazole rings is 2. The third-order valence-electron chi connectivity index (χ3n) is 13.9. The topological polar surface area (TPSA) is 194 Å². The fourth-order valence-corrected chi connectivity index (χ4v) is 10.6. The second kappa shape index (κ2) is 24.5. The molecular formula is C53H71BrN2O13. The summed E-state index contributed by atoms with van der Waals surface area (Å²) in [5.41, 5.74) is 3.86. The number of aliphatic hydroxyl groups excluding tert-OH is 2. The molecule has 4 fully saturated rings. The molecule has 4 saturated heterocycles. The highest BCUT2D eigenvalue weighted by Crippen LogP contribution is 2.40. The Labute approximate surface area is 414 Å². The number of carbonyl (C=O) groups is 1. The maximum Gasteiger partial charge on any atom is 0.330 e. The van der Waals surface area contributed by atoms with Crippen LogP contribution < -0.4 is 0 Å². The maximum absolute atomic E-state index is 13.6. The highest BCUT2D eigenvalue weighted by molar-refractivity contribution is 9.11. The van der Waals surface area contributed by atoms with Crippen molar-refractivity contribution in [1.82, 2.24) is 9.97 Å². The van der Waals surface area contributed by atoms with Gasteiger partial charge in [0, 0.05) is 57.8 Å². The maximum atomic E-state index is 13.6. The zero-order valence-electron chi connectivity index (χ0n) is 40.7. The molecule has 8 bridgehead atoms. The van der Waals surface area contributed by atoms with Gasteiger partial charge in [0.1, 0.15) is 36.1 Å². The van der Waals surface area contributed by atoms with E-state index in [1.807, 2.05) is 64.2 Å². The molecule has 16 heteroatoms. The molecule has 0 saturated carbocycles. The molecule has 15 atom stereocenters. The summed E-state index contributed by atoms with van der Waals surface area (Å²) in [7, 11) is 3.22. The van der Waals surface area contributed by atoms with Gasteiger partial charge in [0.05, 0.1) is 67.5 Å². The summed E-state index contributed by atoms with van der Waals surface area (Å²) in [6.07, 6.45) is 19.5. The normalized spacial score (nSPS) is 35.2. The molecule has 15 nitrogen and oxygen atoms in total. The molecule has 69 heavy (non-hydrogen) atoms. The summed E-state index contributed by atoms with van der Waals surface area (Å²) >= 11 is 3.28. The standard InChI is InChI=1S/C53H71BrN2O13/c1-31(16-17-38(61-6)12-10-18-54)21-44(58)47-26-42(62-7)27-53(60,69-47)28-49-55-36(29-63-49)22-33(3)51-35(5)52-34(4)45(67-51)13-9-14-48-56-43(30-64-48)46-24-37(57)23-41(66-46)25-40-20-32(2)19-39(65-40)11-8-15-50(59)68-52/h8-10,14-18,21-22,29-30,34-35,37-42,44-47,51-52,57-58,60H,2,11-13,19-20,23-28H2,1,3-7H3. The highest BCUT2D eigenvalue weighted by Gasteiger charge is 2.45. The first-order valence-corrected chi connectivity index (χ1v) is 25.2. The van der Waals surface area contributed by atoms with Crippen LogP contribution in [0.5, 0.6) is 0 Å².